The summed E-state index contributed by atoms with van der Waals surface area (Å²) < 4.78 is 1.68. The third kappa shape index (κ3) is 6.17. The van der Waals surface area contributed by atoms with Crippen LogP contribution in [0.25, 0.3) is 11.1 Å². The van der Waals surface area contributed by atoms with Gasteiger partial charge in [0.2, 0.25) is 0 Å². The molecule has 35 heavy (non-hydrogen) atoms. The third-order valence-electron chi connectivity index (χ3n) is 5.57. The molecule has 0 saturated heterocycles. The van der Waals surface area contributed by atoms with Crippen molar-refractivity contribution in [2.45, 2.75) is 72.1 Å². The second kappa shape index (κ2) is 10.0. The van der Waals surface area contributed by atoms with Gasteiger partial charge in [0.1, 0.15) is 17.1 Å². The number of carboxylic acids is 1. The summed E-state index contributed by atoms with van der Waals surface area (Å²) in [5.74, 6) is -0.618. The van der Waals surface area contributed by atoms with E-state index >= 15 is 0 Å². The minimum atomic E-state index is -1.37. The van der Waals surface area contributed by atoms with Crippen molar-refractivity contribution in [3.8, 4) is 11.1 Å². The summed E-state index contributed by atoms with van der Waals surface area (Å²) in [4.78, 5) is 29.5. The van der Waals surface area contributed by atoms with Gasteiger partial charge in [-0.15, -0.1) is 0 Å². The van der Waals surface area contributed by atoms with Crippen LogP contribution in [-0.4, -0.2) is 37.2 Å². The number of carbonyl (C=O) groups excluding carboxylic acids is 1. The molecule has 0 aliphatic rings. The number of nitrogens with zero attached hydrogens (tertiary/aromatic N) is 2. The Balaban J connectivity index is 1.97. The highest BCUT2D eigenvalue weighted by molar-refractivity contribution is 6.01. The molecule has 2 aromatic carbocycles. The molecule has 3 rings (SSSR count). The Labute approximate surface area is 206 Å². The number of carbonyl (C=O) groups is 2. The zero-order valence-corrected chi connectivity index (χ0v) is 21.3. The minimum absolute atomic E-state index is 0.00854. The summed E-state index contributed by atoms with van der Waals surface area (Å²) in [6, 6.07) is 15.2. The van der Waals surface area contributed by atoms with Crippen molar-refractivity contribution < 1.29 is 19.8 Å². The molecule has 0 atom stereocenters. The van der Waals surface area contributed by atoms with Crippen LogP contribution in [0.15, 0.2) is 48.5 Å². The Hall–Kier alpha value is -3.45. The van der Waals surface area contributed by atoms with E-state index in [0.717, 1.165) is 23.1 Å². The molecular formula is C28H35N3O4. The molecule has 7 heteroatoms. The predicted molar refractivity (Wildman–Crippen MR) is 137 cm³/mol. The summed E-state index contributed by atoms with van der Waals surface area (Å²) in [7, 11) is 0. The monoisotopic (exact) mass is 477 g/mol. The van der Waals surface area contributed by atoms with E-state index in [2.05, 4.69) is 10.3 Å². The van der Waals surface area contributed by atoms with E-state index in [9.17, 15) is 19.8 Å². The van der Waals surface area contributed by atoms with Crippen LogP contribution in [0.3, 0.4) is 0 Å². The number of carboxylic acid groups (broad SMARTS) is 1. The van der Waals surface area contributed by atoms with E-state index in [1.54, 1.807) is 18.4 Å². The van der Waals surface area contributed by atoms with Crippen LogP contribution in [0.4, 0.5) is 0 Å². The van der Waals surface area contributed by atoms with Gasteiger partial charge in [-0.25, -0.2) is 9.78 Å². The fraction of sp³-hybridized carbons (Fsp3) is 0.393. The number of aryl methyl sites for hydroxylation is 1. The Morgan fingerprint density at radius 1 is 1.00 bits per heavy atom. The van der Waals surface area contributed by atoms with Gasteiger partial charge < -0.3 is 20.1 Å². The number of aromatic carboxylic acids is 1. The second-order valence-corrected chi connectivity index (χ2v) is 10.4. The Morgan fingerprint density at radius 3 is 2.17 bits per heavy atom. The first kappa shape index (κ1) is 26.2. The summed E-state index contributed by atoms with van der Waals surface area (Å²) in [5.41, 5.74) is 1.66. The largest absolute Gasteiger partial charge is 0.477 e. The molecular weight excluding hydrogens is 442 g/mol. The van der Waals surface area contributed by atoms with Crippen molar-refractivity contribution in [3.05, 3.63) is 76.9 Å². The molecule has 1 heterocycles. The van der Waals surface area contributed by atoms with Crippen molar-refractivity contribution >= 4 is 11.9 Å². The minimum Gasteiger partial charge on any atom is -0.477 e. The number of hydrogen-bond acceptors (Lipinski definition) is 4. The molecule has 0 spiro atoms. The van der Waals surface area contributed by atoms with Gasteiger partial charge in [-0.3, -0.25) is 4.79 Å². The first-order valence-electron chi connectivity index (χ1n) is 11.9. The summed E-state index contributed by atoms with van der Waals surface area (Å²) >= 11 is 0. The van der Waals surface area contributed by atoms with Crippen LogP contribution in [-0.2, 0) is 18.6 Å². The van der Waals surface area contributed by atoms with Gasteiger partial charge in [0.05, 0.1) is 0 Å². The standard InChI is InChI=1S/C28H35N3O4/c1-7-10-22-29-24(28(5,6)35)23(26(33)34)31(22)17-18-13-15-19(16-14-18)20-11-8-9-12-21(20)25(32)30-27(2,3)4/h8-9,11-16,35H,7,10,17H2,1-6H3,(H,30,32)(H,33,34). The molecule has 0 saturated carbocycles. The lowest BCUT2D eigenvalue weighted by Crippen LogP contribution is -2.40. The number of aromatic nitrogens is 2. The maximum Gasteiger partial charge on any atom is 0.354 e. The molecule has 0 aliphatic carbocycles. The van der Waals surface area contributed by atoms with E-state index in [-0.39, 0.29) is 22.8 Å². The topological polar surface area (TPSA) is 104 Å². The summed E-state index contributed by atoms with van der Waals surface area (Å²) in [5, 5.41) is 23.5. The lowest BCUT2D eigenvalue weighted by Gasteiger charge is -2.21. The highest BCUT2D eigenvalue weighted by Crippen LogP contribution is 2.28. The number of amides is 1. The molecule has 1 amide bonds. The van der Waals surface area contributed by atoms with E-state index < -0.39 is 11.6 Å². The van der Waals surface area contributed by atoms with Crippen molar-refractivity contribution in [1.29, 1.82) is 0 Å². The van der Waals surface area contributed by atoms with Crippen LogP contribution in [0.5, 0.6) is 0 Å². The smallest absolute Gasteiger partial charge is 0.354 e. The van der Waals surface area contributed by atoms with Gasteiger partial charge in [0, 0.05) is 24.1 Å². The van der Waals surface area contributed by atoms with Crippen molar-refractivity contribution in [1.82, 2.24) is 14.9 Å². The molecule has 0 radical (unpaired) electrons. The van der Waals surface area contributed by atoms with Gasteiger partial charge in [-0.1, -0.05) is 49.4 Å². The Bertz CT molecular complexity index is 1210. The maximum absolute atomic E-state index is 12.8. The van der Waals surface area contributed by atoms with Crippen molar-refractivity contribution in [3.63, 3.8) is 0 Å². The lowest BCUT2D eigenvalue weighted by atomic mass is 9.97. The van der Waals surface area contributed by atoms with E-state index in [0.29, 0.717) is 24.4 Å². The molecule has 0 unspecified atom stereocenters. The molecule has 0 bridgehead atoms. The first-order valence-corrected chi connectivity index (χ1v) is 11.9. The van der Waals surface area contributed by atoms with E-state index in [1.807, 2.05) is 76.2 Å². The Morgan fingerprint density at radius 2 is 1.63 bits per heavy atom. The van der Waals surface area contributed by atoms with Gasteiger partial charge in [0.25, 0.3) is 5.91 Å². The number of hydrogen-bond donors (Lipinski definition) is 3. The maximum atomic E-state index is 12.8. The lowest BCUT2D eigenvalue weighted by molar-refractivity contribution is 0.0602. The average Bonchev–Trinajstić information content (AvgIpc) is 3.12. The molecule has 3 aromatic rings. The number of rotatable bonds is 8. The molecule has 3 N–H and O–H groups in total. The van der Waals surface area contributed by atoms with Crippen molar-refractivity contribution in [2.24, 2.45) is 0 Å². The quantitative estimate of drug-likeness (QED) is 0.423. The fourth-order valence-corrected chi connectivity index (χ4v) is 4.04. The highest BCUT2D eigenvalue weighted by atomic mass is 16.4. The molecule has 186 valence electrons. The molecule has 1 aromatic heterocycles. The zero-order chi connectivity index (χ0) is 26.0. The predicted octanol–water partition coefficient (Wildman–Crippen LogP) is 5.00. The van der Waals surface area contributed by atoms with Crippen LogP contribution in [0, 0.1) is 0 Å². The van der Waals surface area contributed by atoms with Crippen LogP contribution in [0.2, 0.25) is 0 Å². The zero-order valence-electron chi connectivity index (χ0n) is 21.3. The summed E-state index contributed by atoms with van der Waals surface area (Å²) in [6.45, 7) is 11.2. The van der Waals surface area contributed by atoms with Crippen LogP contribution < -0.4 is 5.32 Å². The van der Waals surface area contributed by atoms with Gasteiger partial charge >= 0.3 is 5.97 Å². The second-order valence-electron chi connectivity index (χ2n) is 10.4. The Kier molecular flexibility index (Phi) is 7.50. The average molecular weight is 478 g/mol. The molecule has 0 aliphatic heterocycles. The first-order chi connectivity index (χ1) is 16.3. The van der Waals surface area contributed by atoms with Gasteiger partial charge in [-0.05, 0) is 63.8 Å². The SMILES string of the molecule is CCCc1nc(C(C)(C)O)c(C(=O)O)n1Cc1ccc(-c2ccccc2C(=O)NC(C)(C)C)cc1. The highest BCUT2D eigenvalue weighted by Gasteiger charge is 2.31. The summed E-state index contributed by atoms with van der Waals surface area (Å²) in [6.07, 6.45) is 1.40. The number of imidazole rings is 1. The number of benzene rings is 2. The van der Waals surface area contributed by atoms with Crippen LogP contribution in [0.1, 0.15) is 85.9 Å². The van der Waals surface area contributed by atoms with Crippen LogP contribution >= 0.6 is 0 Å². The molecule has 7 nitrogen and oxygen atoms in total. The van der Waals surface area contributed by atoms with Gasteiger partial charge in [0.15, 0.2) is 5.69 Å². The fourth-order valence-electron chi connectivity index (χ4n) is 4.04. The third-order valence-corrected chi connectivity index (χ3v) is 5.57. The van der Waals surface area contributed by atoms with E-state index in [4.69, 9.17) is 0 Å². The van der Waals surface area contributed by atoms with E-state index in [1.165, 1.54) is 0 Å². The van der Waals surface area contributed by atoms with Crippen molar-refractivity contribution in [2.75, 3.05) is 0 Å². The normalized spacial score (nSPS) is 12.0. The van der Waals surface area contributed by atoms with Gasteiger partial charge in [-0.2, -0.15) is 0 Å². The molecule has 0 fully saturated rings. The number of aliphatic hydroxyl groups is 1. The number of nitrogens with one attached hydrogen (secondary N) is 1.